The number of anilines is 1. The van der Waals surface area contributed by atoms with Gasteiger partial charge in [-0.3, -0.25) is 19.1 Å². The molecule has 0 spiro atoms. The minimum absolute atomic E-state index is 0.166. The Kier molecular flexibility index (Phi) is 6.91. The second-order valence-electron chi connectivity index (χ2n) is 7.59. The largest absolute Gasteiger partial charge is 0.466 e. The molecule has 1 aromatic carbocycles. The van der Waals surface area contributed by atoms with Crippen LogP contribution in [0.3, 0.4) is 0 Å². The molecule has 1 aromatic heterocycles. The van der Waals surface area contributed by atoms with Crippen LogP contribution >= 0.6 is 0 Å². The standard InChI is InChI=1S/C23H28N4O3/c1-4-30-23(29)18-9-8-12-26(14-18)15-21(28)25-22-20(13-24)16(2)17(3)27(22)19-10-6-5-7-11-19/h5-7,10-11,18H,4,8-9,12,14-15H2,1-3H3,(H,25,28). The molecule has 7 heteroatoms. The number of piperidine rings is 1. The van der Waals surface area contributed by atoms with E-state index in [2.05, 4.69) is 11.4 Å². The van der Waals surface area contributed by atoms with E-state index in [0.717, 1.165) is 36.3 Å². The third-order valence-electron chi connectivity index (χ3n) is 5.59. The van der Waals surface area contributed by atoms with Crippen LogP contribution in [0.25, 0.3) is 5.69 Å². The van der Waals surface area contributed by atoms with E-state index in [4.69, 9.17) is 4.74 Å². The van der Waals surface area contributed by atoms with E-state index in [1.54, 1.807) is 6.92 Å². The van der Waals surface area contributed by atoms with Gasteiger partial charge >= 0.3 is 5.97 Å². The van der Waals surface area contributed by atoms with Gasteiger partial charge in [-0.1, -0.05) is 18.2 Å². The average molecular weight is 409 g/mol. The van der Waals surface area contributed by atoms with Gasteiger partial charge in [0.15, 0.2) is 0 Å². The molecule has 2 aromatic rings. The molecule has 1 aliphatic heterocycles. The fraction of sp³-hybridized carbons (Fsp3) is 0.435. The second-order valence-corrected chi connectivity index (χ2v) is 7.59. The summed E-state index contributed by atoms with van der Waals surface area (Å²) in [5.41, 5.74) is 3.10. The third-order valence-corrected chi connectivity index (χ3v) is 5.59. The van der Waals surface area contributed by atoms with Crippen molar-refractivity contribution in [2.75, 3.05) is 31.6 Å². The zero-order valence-corrected chi connectivity index (χ0v) is 17.8. The van der Waals surface area contributed by atoms with Gasteiger partial charge in [-0.05, 0) is 57.9 Å². The molecule has 158 valence electrons. The summed E-state index contributed by atoms with van der Waals surface area (Å²) in [6.45, 7) is 7.41. The number of esters is 1. The van der Waals surface area contributed by atoms with Crippen molar-refractivity contribution in [2.24, 2.45) is 5.92 Å². The maximum atomic E-state index is 12.9. The molecule has 0 saturated carbocycles. The molecule has 3 rings (SSSR count). The molecule has 1 unspecified atom stereocenters. The normalized spacial score (nSPS) is 16.7. The Morgan fingerprint density at radius 3 is 2.67 bits per heavy atom. The van der Waals surface area contributed by atoms with Gasteiger partial charge in [0.2, 0.25) is 5.91 Å². The monoisotopic (exact) mass is 408 g/mol. The number of hydrogen-bond acceptors (Lipinski definition) is 5. The van der Waals surface area contributed by atoms with Gasteiger partial charge < -0.3 is 10.1 Å². The SMILES string of the molecule is CCOC(=O)C1CCCN(CC(=O)Nc2c(C#N)c(C)c(C)n2-c2ccccc2)C1. The maximum Gasteiger partial charge on any atom is 0.310 e. The molecular formula is C23H28N4O3. The fourth-order valence-corrected chi connectivity index (χ4v) is 3.99. The number of rotatable bonds is 6. The van der Waals surface area contributed by atoms with Crippen molar-refractivity contribution in [3.05, 3.63) is 47.2 Å². The van der Waals surface area contributed by atoms with Crippen LogP contribution in [0.2, 0.25) is 0 Å². The second kappa shape index (κ2) is 9.59. The van der Waals surface area contributed by atoms with Gasteiger partial charge in [0.05, 0.1) is 24.6 Å². The first kappa shape index (κ1) is 21.6. The van der Waals surface area contributed by atoms with Gasteiger partial charge in [-0.2, -0.15) is 5.26 Å². The first-order chi connectivity index (χ1) is 14.5. The smallest absolute Gasteiger partial charge is 0.310 e. The van der Waals surface area contributed by atoms with E-state index < -0.39 is 0 Å². The van der Waals surface area contributed by atoms with Gasteiger partial charge in [0, 0.05) is 17.9 Å². The van der Waals surface area contributed by atoms with Crippen LogP contribution in [0.4, 0.5) is 5.82 Å². The van der Waals surface area contributed by atoms with Crippen molar-refractivity contribution < 1.29 is 14.3 Å². The molecule has 1 N–H and O–H groups in total. The number of carbonyl (C=O) groups is 2. The lowest BCUT2D eigenvalue weighted by Gasteiger charge is -2.30. The van der Waals surface area contributed by atoms with Gasteiger partial charge in [-0.25, -0.2) is 0 Å². The number of nitrogens with one attached hydrogen (secondary N) is 1. The van der Waals surface area contributed by atoms with Crippen molar-refractivity contribution in [2.45, 2.75) is 33.6 Å². The topological polar surface area (TPSA) is 87.4 Å². The van der Waals surface area contributed by atoms with E-state index in [-0.39, 0.29) is 24.3 Å². The molecule has 1 saturated heterocycles. The zero-order valence-electron chi connectivity index (χ0n) is 17.8. The average Bonchev–Trinajstić information content (AvgIpc) is 2.98. The molecule has 1 amide bonds. The lowest BCUT2D eigenvalue weighted by molar-refractivity contribution is -0.150. The highest BCUT2D eigenvalue weighted by Gasteiger charge is 2.28. The number of benzene rings is 1. The van der Waals surface area contributed by atoms with E-state index in [1.807, 2.05) is 53.6 Å². The molecule has 0 aliphatic carbocycles. The number of carbonyl (C=O) groups excluding carboxylic acids is 2. The summed E-state index contributed by atoms with van der Waals surface area (Å²) in [5, 5.41) is 12.6. The van der Waals surface area contributed by atoms with Gasteiger partial charge in [0.25, 0.3) is 0 Å². The van der Waals surface area contributed by atoms with Crippen molar-refractivity contribution in [3.8, 4) is 11.8 Å². The summed E-state index contributed by atoms with van der Waals surface area (Å²) in [7, 11) is 0. The molecular weight excluding hydrogens is 380 g/mol. The Balaban J connectivity index is 1.78. The summed E-state index contributed by atoms with van der Waals surface area (Å²) >= 11 is 0. The van der Waals surface area contributed by atoms with Crippen LogP contribution in [0.15, 0.2) is 30.3 Å². The molecule has 2 heterocycles. The number of hydrogen-bond donors (Lipinski definition) is 1. The quantitative estimate of drug-likeness (QED) is 0.742. The van der Waals surface area contributed by atoms with Crippen LogP contribution in [-0.2, 0) is 14.3 Å². The highest BCUT2D eigenvalue weighted by Crippen LogP contribution is 2.30. The predicted molar refractivity (Wildman–Crippen MR) is 114 cm³/mol. The highest BCUT2D eigenvalue weighted by atomic mass is 16.5. The number of para-hydroxylation sites is 1. The third kappa shape index (κ3) is 4.55. The first-order valence-corrected chi connectivity index (χ1v) is 10.3. The molecule has 30 heavy (non-hydrogen) atoms. The van der Waals surface area contributed by atoms with Crippen LogP contribution in [0, 0.1) is 31.1 Å². The Labute approximate surface area is 177 Å². The van der Waals surface area contributed by atoms with Gasteiger partial charge in [-0.15, -0.1) is 0 Å². The molecule has 1 fully saturated rings. The predicted octanol–water partition coefficient (Wildman–Crippen LogP) is 3.18. The van der Waals surface area contributed by atoms with E-state index in [0.29, 0.717) is 24.5 Å². The Hall–Kier alpha value is -3.11. The van der Waals surface area contributed by atoms with Gasteiger partial charge in [0.1, 0.15) is 11.9 Å². The lowest BCUT2D eigenvalue weighted by atomic mass is 9.98. The Bertz CT molecular complexity index is 959. The summed E-state index contributed by atoms with van der Waals surface area (Å²) in [4.78, 5) is 26.9. The minimum Gasteiger partial charge on any atom is -0.466 e. The molecule has 1 atom stereocenters. The summed E-state index contributed by atoms with van der Waals surface area (Å²) in [5.74, 6) is -0.106. The minimum atomic E-state index is -0.203. The van der Waals surface area contributed by atoms with Crippen molar-refractivity contribution in [1.82, 2.24) is 9.47 Å². The molecule has 7 nitrogen and oxygen atoms in total. The van der Waals surface area contributed by atoms with E-state index in [1.165, 1.54) is 0 Å². The van der Waals surface area contributed by atoms with Crippen molar-refractivity contribution >= 4 is 17.7 Å². The number of ether oxygens (including phenoxy) is 1. The number of nitriles is 1. The number of likely N-dealkylation sites (tertiary alicyclic amines) is 1. The van der Waals surface area contributed by atoms with Crippen LogP contribution in [0.1, 0.15) is 36.6 Å². The number of aromatic nitrogens is 1. The van der Waals surface area contributed by atoms with Crippen LogP contribution in [0.5, 0.6) is 0 Å². The van der Waals surface area contributed by atoms with Crippen molar-refractivity contribution in [1.29, 1.82) is 5.26 Å². The number of nitrogens with zero attached hydrogens (tertiary/aromatic N) is 3. The highest BCUT2D eigenvalue weighted by molar-refractivity contribution is 5.93. The Morgan fingerprint density at radius 1 is 1.27 bits per heavy atom. The summed E-state index contributed by atoms with van der Waals surface area (Å²) in [6, 6.07) is 11.9. The van der Waals surface area contributed by atoms with Crippen molar-refractivity contribution in [3.63, 3.8) is 0 Å². The number of amides is 1. The molecule has 0 bridgehead atoms. The fourth-order valence-electron chi connectivity index (χ4n) is 3.99. The maximum absolute atomic E-state index is 12.9. The Morgan fingerprint density at radius 2 is 2.00 bits per heavy atom. The summed E-state index contributed by atoms with van der Waals surface area (Å²) in [6.07, 6.45) is 1.63. The van der Waals surface area contributed by atoms with E-state index >= 15 is 0 Å². The lowest BCUT2D eigenvalue weighted by Crippen LogP contribution is -2.43. The van der Waals surface area contributed by atoms with Crippen LogP contribution in [-0.4, -0.2) is 47.6 Å². The molecule has 1 aliphatic rings. The van der Waals surface area contributed by atoms with Crippen LogP contribution < -0.4 is 5.32 Å². The zero-order chi connectivity index (χ0) is 21.7. The summed E-state index contributed by atoms with van der Waals surface area (Å²) < 4.78 is 7.04. The van der Waals surface area contributed by atoms with E-state index in [9.17, 15) is 14.9 Å². The first-order valence-electron chi connectivity index (χ1n) is 10.3. The molecule has 0 radical (unpaired) electrons.